The van der Waals surface area contributed by atoms with Crippen molar-refractivity contribution in [2.45, 2.75) is 181 Å². The van der Waals surface area contributed by atoms with Crippen molar-refractivity contribution < 1.29 is 0 Å². The summed E-state index contributed by atoms with van der Waals surface area (Å²) in [6, 6.07) is 0. The van der Waals surface area contributed by atoms with Crippen molar-refractivity contribution in [2.75, 3.05) is 13.1 Å². The van der Waals surface area contributed by atoms with Gasteiger partial charge in [0.1, 0.15) is 6.17 Å². The van der Waals surface area contributed by atoms with Gasteiger partial charge in [-0.2, -0.15) is 0 Å². The summed E-state index contributed by atoms with van der Waals surface area (Å²) in [7, 11) is 0. The highest BCUT2D eigenvalue weighted by atomic mass is 15.4. The number of nitrogens with zero attached hydrogens (tertiary/aromatic N) is 2. The first-order chi connectivity index (χ1) is 16.8. The summed E-state index contributed by atoms with van der Waals surface area (Å²) in [5.74, 6) is 0. The van der Waals surface area contributed by atoms with E-state index in [1.54, 1.807) is 0 Å². The van der Waals surface area contributed by atoms with Crippen molar-refractivity contribution in [3.8, 4) is 0 Å². The van der Waals surface area contributed by atoms with Crippen LogP contribution in [-0.2, 0) is 0 Å². The first-order valence-electron chi connectivity index (χ1n) is 16.0. The Morgan fingerprint density at radius 3 is 1.06 bits per heavy atom. The molecule has 1 aliphatic heterocycles. The Hall–Kier alpha value is -0.660. The minimum Gasteiger partial charge on any atom is -0.356 e. The van der Waals surface area contributed by atoms with E-state index in [-0.39, 0.29) is 0 Å². The molecule has 0 aromatic heterocycles. The molecule has 1 heterocycles. The predicted octanol–water partition coefficient (Wildman–Crippen LogP) is 10.8. The fourth-order valence-corrected chi connectivity index (χ4v) is 5.48. The van der Waals surface area contributed by atoms with Crippen molar-refractivity contribution in [1.29, 1.82) is 0 Å². The second kappa shape index (κ2) is 24.1. The third-order valence-corrected chi connectivity index (χ3v) is 7.82. The molecule has 1 aliphatic rings. The molecule has 1 rings (SSSR count). The van der Waals surface area contributed by atoms with Gasteiger partial charge in [-0.15, -0.1) is 0 Å². The maximum atomic E-state index is 2.68. The van der Waals surface area contributed by atoms with Gasteiger partial charge in [-0.3, -0.25) is 0 Å². The Labute approximate surface area is 216 Å². The molecule has 0 fully saturated rings. The maximum absolute atomic E-state index is 2.68. The molecule has 2 heteroatoms. The van der Waals surface area contributed by atoms with Crippen LogP contribution >= 0.6 is 0 Å². The number of hydrogen-bond donors (Lipinski definition) is 0. The number of rotatable bonds is 26. The minimum absolute atomic E-state index is 0.643. The fraction of sp³-hybridized carbons (Fsp3) is 0.938. The molecular weight excluding hydrogens is 412 g/mol. The zero-order valence-electron chi connectivity index (χ0n) is 24.0. The lowest BCUT2D eigenvalue weighted by Crippen LogP contribution is -2.39. The van der Waals surface area contributed by atoms with Gasteiger partial charge in [-0.05, 0) is 25.7 Å². The molecule has 0 amide bonds. The van der Waals surface area contributed by atoms with E-state index >= 15 is 0 Å². The highest BCUT2D eigenvalue weighted by Gasteiger charge is 2.24. The monoisotopic (exact) mass is 477 g/mol. The van der Waals surface area contributed by atoms with Gasteiger partial charge in [0.25, 0.3) is 0 Å². The topological polar surface area (TPSA) is 6.48 Å². The molecule has 0 saturated heterocycles. The van der Waals surface area contributed by atoms with Gasteiger partial charge >= 0.3 is 0 Å². The predicted molar refractivity (Wildman–Crippen MR) is 154 cm³/mol. The normalized spacial score (nSPS) is 15.7. The van der Waals surface area contributed by atoms with E-state index in [1.165, 1.54) is 167 Å². The Kier molecular flexibility index (Phi) is 22.2. The second-order valence-corrected chi connectivity index (χ2v) is 11.1. The van der Waals surface area contributed by atoms with E-state index in [0.717, 1.165) is 0 Å². The summed E-state index contributed by atoms with van der Waals surface area (Å²) in [5, 5.41) is 0. The van der Waals surface area contributed by atoms with Crippen LogP contribution in [0.1, 0.15) is 175 Å². The zero-order valence-corrected chi connectivity index (χ0v) is 24.0. The van der Waals surface area contributed by atoms with Crippen LogP contribution in [0.15, 0.2) is 12.4 Å². The van der Waals surface area contributed by atoms with Crippen LogP contribution in [0.3, 0.4) is 0 Å². The van der Waals surface area contributed by atoms with Gasteiger partial charge < -0.3 is 9.80 Å². The second-order valence-electron chi connectivity index (χ2n) is 11.1. The van der Waals surface area contributed by atoms with Gasteiger partial charge in [0.2, 0.25) is 0 Å². The summed E-state index contributed by atoms with van der Waals surface area (Å²) in [4.78, 5) is 5.36. The van der Waals surface area contributed by atoms with Gasteiger partial charge in [-0.25, -0.2) is 0 Å². The van der Waals surface area contributed by atoms with Crippen LogP contribution < -0.4 is 0 Å². The first kappa shape index (κ1) is 31.4. The van der Waals surface area contributed by atoms with Crippen LogP contribution in [-0.4, -0.2) is 29.1 Å². The molecule has 0 spiro atoms. The molecule has 0 saturated carbocycles. The molecule has 1 unspecified atom stereocenters. The quantitative estimate of drug-likeness (QED) is 0.114. The van der Waals surface area contributed by atoms with E-state index in [4.69, 9.17) is 0 Å². The van der Waals surface area contributed by atoms with Crippen LogP contribution in [0.2, 0.25) is 0 Å². The Balaban J connectivity index is 2.19. The third kappa shape index (κ3) is 16.9. The van der Waals surface area contributed by atoms with Crippen molar-refractivity contribution in [3.63, 3.8) is 0 Å². The molecule has 0 bridgehead atoms. The van der Waals surface area contributed by atoms with Crippen LogP contribution in [0, 0.1) is 0 Å². The lowest BCUT2D eigenvalue weighted by Gasteiger charge is -2.33. The summed E-state index contributed by atoms with van der Waals surface area (Å²) in [6.07, 6.45) is 39.5. The highest BCUT2D eigenvalue weighted by molar-refractivity contribution is 4.97. The summed E-state index contributed by atoms with van der Waals surface area (Å²) >= 11 is 0. The van der Waals surface area contributed by atoms with Crippen molar-refractivity contribution in [2.24, 2.45) is 0 Å². The van der Waals surface area contributed by atoms with E-state index in [2.05, 4.69) is 43.0 Å². The van der Waals surface area contributed by atoms with Crippen molar-refractivity contribution >= 4 is 0 Å². The highest BCUT2D eigenvalue weighted by Crippen LogP contribution is 2.24. The van der Waals surface area contributed by atoms with Crippen molar-refractivity contribution in [3.05, 3.63) is 12.4 Å². The van der Waals surface area contributed by atoms with E-state index in [9.17, 15) is 0 Å². The van der Waals surface area contributed by atoms with Crippen LogP contribution in [0.5, 0.6) is 0 Å². The molecule has 0 aliphatic carbocycles. The molecule has 0 aromatic carbocycles. The van der Waals surface area contributed by atoms with Crippen molar-refractivity contribution in [1.82, 2.24) is 9.80 Å². The average Bonchev–Trinajstić information content (AvgIpc) is 3.23. The molecular formula is C32H64N2. The molecule has 0 N–H and O–H groups in total. The number of unbranched alkanes of at least 4 members (excludes halogenated alkanes) is 20. The summed E-state index contributed by atoms with van der Waals surface area (Å²) in [6.45, 7) is 9.45. The van der Waals surface area contributed by atoms with Crippen LogP contribution in [0.4, 0.5) is 0 Å². The summed E-state index contributed by atoms with van der Waals surface area (Å²) in [5.41, 5.74) is 0. The average molecular weight is 477 g/mol. The SMILES string of the molecule is CCCCCCCCCCCCCCC1N(CCCCCC)C=CN1CCCCCCCCC. The third-order valence-electron chi connectivity index (χ3n) is 7.82. The zero-order chi connectivity index (χ0) is 24.5. The Morgan fingerprint density at radius 1 is 0.382 bits per heavy atom. The smallest absolute Gasteiger partial charge is 0.101 e. The van der Waals surface area contributed by atoms with Gasteiger partial charge in [0.05, 0.1) is 0 Å². The molecule has 202 valence electrons. The van der Waals surface area contributed by atoms with Gasteiger partial charge in [0.15, 0.2) is 0 Å². The fourth-order valence-electron chi connectivity index (χ4n) is 5.48. The van der Waals surface area contributed by atoms with E-state index in [0.29, 0.717) is 6.17 Å². The van der Waals surface area contributed by atoms with Crippen LogP contribution in [0.25, 0.3) is 0 Å². The first-order valence-corrected chi connectivity index (χ1v) is 16.0. The van der Waals surface area contributed by atoms with Gasteiger partial charge in [0, 0.05) is 25.5 Å². The maximum Gasteiger partial charge on any atom is 0.101 e. The minimum atomic E-state index is 0.643. The van der Waals surface area contributed by atoms with Gasteiger partial charge in [-0.1, -0.05) is 149 Å². The Morgan fingerprint density at radius 2 is 0.676 bits per heavy atom. The molecule has 0 radical (unpaired) electrons. The van der Waals surface area contributed by atoms with E-state index in [1.807, 2.05) is 0 Å². The summed E-state index contributed by atoms with van der Waals surface area (Å²) < 4.78 is 0. The number of hydrogen-bond acceptors (Lipinski definition) is 2. The lowest BCUT2D eigenvalue weighted by molar-refractivity contribution is 0.135. The largest absolute Gasteiger partial charge is 0.356 e. The molecule has 2 nitrogen and oxygen atoms in total. The Bertz CT molecular complexity index is 433. The molecule has 0 aromatic rings. The molecule has 1 atom stereocenters. The standard InChI is InChI=1S/C32H64N2/c1-4-7-10-13-15-16-17-18-19-20-22-24-27-32-33(28-25-12-9-6-3)30-31-34(32)29-26-23-21-14-11-8-5-2/h30-32H,4-29H2,1-3H3. The molecule has 34 heavy (non-hydrogen) atoms. The lowest BCUT2D eigenvalue weighted by atomic mass is 10.0. The van der Waals surface area contributed by atoms with E-state index < -0.39 is 0 Å².